The van der Waals surface area contributed by atoms with Crippen molar-refractivity contribution in [3.05, 3.63) is 0 Å². The van der Waals surface area contributed by atoms with Gasteiger partial charge in [0, 0.05) is 25.7 Å². The molecular formula is C73H142O17P2. The van der Waals surface area contributed by atoms with Crippen molar-refractivity contribution in [3.8, 4) is 0 Å². The number of hydrogen-bond acceptors (Lipinski definition) is 15. The Morgan fingerprint density at radius 1 is 0.315 bits per heavy atom. The smallest absolute Gasteiger partial charge is 0.462 e. The van der Waals surface area contributed by atoms with Crippen LogP contribution in [-0.4, -0.2) is 96.7 Å². The molecule has 0 aliphatic carbocycles. The summed E-state index contributed by atoms with van der Waals surface area (Å²) < 4.78 is 68.2. The van der Waals surface area contributed by atoms with Crippen LogP contribution in [0.3, 0.4) is 0 Å². The number of aliphatic hydroxyl groups excluding tert-OH is 1. The van der Waals surface area contributed by atoms with Crippen molar-refractivity contribution in [1.82, 2.24) is 0 Å². The molecule has 0 aliphatic heterocycles. The van der Waals surface area contributed by atoms with E-state index < -0.39 is 97.5 Å². The first-order valence-electron chi connectivity index (χ1n) is 37.9. The van der Waals surface area contributed by atoms with Gasteiger partial charge in [-0.3, -0.25) is 37.3 Å². The van der Waals surface area contributed by atoms with Crippen LogP contribution in [0.2, 0.25) is 0 Å². The van der Waals surface area contributed by atoms with E-state index in [4.69, 9.17) is 37.0 Å². The number of carbonyl (C=O) groups is 4. The summed E-state index contributed by atoms with van der Waals surface area (Å²) in [5, 5.41) is 10.6. The minimum atomic E-state index is -4.95. The van der Waals surface area contributed by atoms with E-state index in [1.165, 1.54) is 167 Å². The Kier molecular flexibility index (Phi) is 62.4. The quantitative estimate of drug-likeness (QED) is 0.0222. The second-order valence-electron chi connectivity index (χ2n) is 27.5. The van der Waals surface area contributed by atoms with Crippen molar-refractivity contribution in [3.63, 3.8) is 0 Å². The Labute approximate surface area is 562 Å². The Balaban J connectivity index is 5.16. The van der Waals surface area contributed by atoms with Crippen LogP contribution in [0.15, 0.2) is 0 Å². The van der Waals surface area contributed by atoms with Gasteiger partial charge in [-0.15, -0.1) is 0 Å². The van der Waals surface area contributed by atoms with Crippen molar-refractivity contribution in [2.75, 3.05) is 39.6 Å². The van der Waals surface area contributed by atoms with Gasteiger partial charge in [-0.05, 0) is 43.4 Å². The van der Waals surface area contributed by atoms with E-state index in [0.717, 1.165) is 120 Å². The predicted molar refractivity (Wildman–Crippen MR) is 372 cm³/mol. The van der Waals surface area contributed by atoms with Crippen LogP contribution in [-0.2, 0) is 65.4 Å². The van der Waals surface area contributed by atoms with Gasteiger partial charge in [-0.2, -0.15) is 0 Å². The number of ether oxygens (including phenoxy) is 4. The predicted octanol–water partition coefficient (Wildman–Crippen LogP) is 21.0. The average Bonchev–Trinajstić information content (AvgIpc) is 1.63. The third kappa shape index (κ3) is 65.4. The molecule has 0 fully saturated rings. The largest absolute Gasteiger partial charge is 0.472 e. The van der Waals surface area contributed by atoms with Gasteiger partial charge in [0.25, 0.3) is 0 Å². The number of hydrogen-bond donors (Lipinski definition) is 3. The SMILES string of the molecule is CCCCCCCCCC(=O)OC[C@H](COP(=O)(O)OC[C@H](O)COP(=O)(O)OC[C@@H](COC(=O)CCCCCCCCCCCCCC(C)C)OC(=O)CCCCCCCCCCCCCCCCCCCCC(C)C)OC(=O)CCCCCCCCC(C)CC. The second kappa shape index (κ2) is 63.8. The molecule has 0 rings (SSSR count). The summed E-state index contributed by atoms with van der Waals surface area (Å²) in [6.45, 7) is 11.8. The zero-order valence-corrected chi connectivity index (χ0v) is 61.8. The molecule has 0 bridgehead atoms. The number of unbranched alkanes of at least 4 members (excludes halogenated alkanes) is 38. The summed E-state index contributed by atoms with van der Waals surface area (Å²) in [5.41, 5.74) is 0. The first-order valence-corrected chi connectivity index (χ1v) is 40.9. The first kappa shape index (κ1) is 90.1. The lowest BCUT2D eigenvalue weighted by molar-refractivity contribution is -0.161. The number of carbonyl (C=O) groups excluding carboxylic acids is 4. The Hall–Kier alpha value is -1.94. The van der Waals surface area contributed by atoms with Crippen molar-refractivity contribution in [2.45, 2.75) is 388 Å². The molecule has 6 atom stereocenters. The van der Waals surface area contributed by atoms with Crippen LogP contribution >= 0.6 is 15.6 Å². The minimum absolute atomic E-state index is 0.102. The summed E-state index contributed by atoms with van der Waals surface area (Å²) >= 11 is 0. The number of rotatable bonds is 71. The molecule has 0 saturated carbocycles. The fourth-order valence-electron chi connectivity index (χ4n) is 11.0. The van der Waals surface area contributed by atoms with Gasteiger partial charge in [-0.1, -0.05) is 318 Å². The molecule has 0 aromatic rings. The molecule has 19 heteroatoms. The lowest BCUT2D eigenvalue weighted by Crippen LogP contribution is -2.30. The van der Waals surface area contributed by atoms with Gasteiger partial charge in [0.2, 0.25) is 0 Å². The lowest BCUT2D eigenvalue weighted by atomic mass is 10.00. The van der Waals surface area contributed by atoms with Gasteiger partial charge in [0.1, 0.15) is 19.3 Å². The highest BCUT2D eigenvalue weighted by Gasteiger charge is 2.30. The van der Waals surface area contributed by atoms with Gasteiger partial charge >= 0.3 is 39.5 Å². The highest BCUT2D eigenvalue weighted by molar-refractivity contribution is 7.47. The van der Waals surface area contributed by atoms with Crippen LogP contribution in [0.5, 0.6) is 0 Å². The molecule has 3 N–H and O–H groups in total. The molecule has 3 unspecified atom stereocenters. The van der Waals surface area contributed by atoms with Crippen LogP contribution in [0.25, 0.3) is 0 Å². The summed E-state index contributed by atoms with van der Waals surface area (Å²) in [6.07, 6.45) is 48.9. The summed E-state index contributed by atoms with van der Waals surface area (Å²) in [5.74, 6) is 0.182. The molecule has 0 aliphatic rings. The van der Waals surface area contributed by atoms with Gasteiger partial charge in [0.05, 0.1) is 26.4 Å². The summed E-state index contributed by atoms with van der Waals surface area (Å²) in [4.78, 5) is 72.5. The summed E-state index contributed by atoms with van der Waals surface area (Å²) in [7, 11) is -9.90. The van der Waals surface area contributed by atoms with E-state index in [2.05, 4.69) is 48.5 Å². The highest BCUT2D eigenvalue weighted by Crippen LogP contribution is 2.45. The van der Waals surface area contributed by atoms with E-state index >= 15 is 0 Å². The van der Waals surface area contributed by atoms with Crippen LogP contribution < -0.4 is 0 Å². The lowest BCUT2D eigenvalue weighted by Gasteiger charge is -2.21. The van der Waals surface area contributed by atoms with Crippen LogP contribution in [0, 0.1) is 17.8 Å². The maximum absolute atomic E-state index is 13.1. The number of aliphatic hydroxyl groups is 1. The molecule has 17 nitrogen and oxygen atoms in total. The summed E-state index contributed by atoms with van der Waals surface area (Å²) in [6, 6.07) is 0. The monoisotopic (exact) mass is 1350 g/mol. The third-order valence-electron chi connectivity index (χ3n) is 17.2. The Bertz CT molecular complexity index is 1800. The molecule has 0 amide bonds. The standard InChI is InChI=1S/C73H142O17P2/c1-8-10-11-12-30-40-47-54-70(75)83-60-69(90-73(78)57-50-43-36-35-39-46-53-66(7)9-2)63-88-92(81,82)86-59-67(74)58-85-91(79,80)87-62-68(61-84-71(76)55-48-41-33-28-25-21-23-27-32-38-45-52-65(5)6)89-72(77)56-49-42-34-29-24-20-18-16-14-13-15-17-19-22-26-31-37-44-51-64(3)4/h64-69,74H,8-63H2,1-7H3,(H,79,80)(H,81,82)/t66?,67-,68-,69-/m1/s1. The molecule has 0 saturated heterocycles. The van der Waals surface area contributed by atoms with E-state index in [0.29, 0.717) is 25.7 Å². The Morgan fingerprint density at radius 2 is 0.554 bits per heavy atom. The number of phosphoric acid groups is 2. The van der Waals surface area contributed by atoms with E-state index in [9.17, 15) is 43.2 Å². The molecule has 0 aromatic carbocycles. The molecule has 546 valence electrons. The van der Waals surface area contributed by atoms with E-state index in [-0.39, 0.29) is 25.7 Å². The first-order chi connectivity index (χ1) is 44.3. The third-order valence-corrected chi connectivity index (χ3v) is 19.1. The molecular weight excluding hydrogens is 1210 g/mol. The Morgan fingerprint density at radius 3 is 0.826 bits per heavy atom. The van der Waals surface area contributed by atoms with Gasteiger partial charge < -0.3 is 33.8 Å². The topological polar surface area (TPSA) is 237 Å². The van der Waals surface area contributed by atoms with Gasteiger partial charge in [-0.25, -0.2) is 9.13 Å². The fraction of sp³-hybridized carbons (Fsp3) is 0.945. The van der Waals surface area contributed by atoms with Crippen molar-refractivity contribution in [1.29, 1.82) is 0 Å². The second-order valence-corrected chi connectivity index (χ2v) is 30.4. The van der Waals surface area contributed by atoms with Crippen LogP contribution in [0.4, 0.5) is 0 Å². The maximum atomic E-state index is 13.1. The maximum Gasteiger partial charge on any atom is 0.472 e. The zero-order chi connectivity index (χ0) is 68.0. The number of phosphoric ester groups is 2. The van der Waals surface area contributed by atoms with Crippen molar-refractivity contribution < 1.29 is 80.2 Å². The molecule has 0 spiro atoms. The molecule has 92 heavy (non-hydrogen) atoms. The fourth-order valence-corrected chi connectivity index (χ4v) is 12.6. The van der Waals surface area contributed by atoms with Crippen molar-refractivity contribution >= 4 is 39.5 Å². The minimum Gasteiger partial charge on any atom is -0.462 e. The molecule has 0 radical (unpaired) electrons. The van der Waals surface area contributed by atoms with Crippen LogP contribution in [0.1, 0.15) is 370 Å². The normalized spacial score (nSPS) is 14.4. The number of esters is 4. The van der Waals surface area contributed by atoms with E-state index in [1.807, 2.05) is 0 Å². The zero-order valence-electron chi connectivity index (χ0n) is 60.0. The molecule has 0 aromatic heterocycles. The van der Waals surface area contributed by atoms with Crippen molar-refractivity contribution in [2.24, 2.45) is 17.8 Å². The average molecular weight is 1350 g/mol. The van der Waals surface area contributed by atoms with E-state index in [1.54, 1.807) is 0 Å². The highest BCUT2D eigenvalue weighted by atomic mass is 31.2. The van der Waals surface area contributed by atoms with Gasteiger partial charge in [0.15, 0.2) is 12.2 Å². The molecule has 0 heterocycles.